The molecule has 5 rings (SSSR count). The second-order valence-corrected chi connectivity index (χ2v) is 8.65. The normalized spacial score (nSPS) is 13.1. The first-order valence-electron chi connectivity index (χ1n) is 11.2. The lowest BCUT2D eigenvalue weighted by Gasteiger charge is -2.29. The van der Waals surface area contributed by atoms with Crippen LogP contribution in [0.25, 0.3) is 11.0 Å². The smallest absolute Gasteiger partial charge is 0.307 e. The van der Waals surface area contributed by atoms with Gasteiger partial charge in [0.1, 0.15) is 11.5 Å². The molecule has 0 spiro atoms. The van der Waals surface area contributed by atoms with Crippen LogP contribution in [-0.4, -0.2) is 38.0 Å². The van der Waals surface area contributed by atoms with E-state index in [0.717, 1.165) is 34.3 Å². The average molecular weight is 458 g/mol. The molecule has 1 aliphatic heterocycles. The summed E-state index contributed by atoms with van der Waals surface area (Å²) in [6, 6.07) is 17.7. The molecule has 172 valence electrons. The number of nitrogens with zero attached hydrogens (tertiary/aromatic N) is 3. The molecule has 1 N–H and O–H groups in total. The Kier molecular flexibility index (Phi) is 5.84. The Bertz CT molecular complexity index is 1400. The molecule has 7 heteroatoms. The maximum atomic E-state index is 13.8. The number of halogens is 1. The Labute approximate surface area is 196 Å². The summed E-state index contributed by atoms with van der Waals surface area (Å²) in [7, 11) is 0. The van der Waals surface area contributed by atoms with E-state index in [1.54, 1.807) is 30.5 Å². The van der Waals surface area contributed by atoms with Gasteiger partial charge >= 0.3 is 5.97 Å². The number of hydrogen-bond donors (Lipinski definition) is 1. The Morgan fingerprint density at radius 2 is 1.74 bits per heavy atom. The molecule has 3 heterocycles. The van der Waals surface area contributed by atoms with Crippen molar-refractivity contribution >= 4 is 22.9 Å². The molecular weight excluding hydrogens is 433 g/mol. The number of carbonyl (C=O) groups is 2. The molecule has 1 amide bonds. The summed E-state index contributed by atoms with van der Waals surface area (Å²) >= 11 is 0. The number of pyridine rings is 1. The number of carboxylic acids is 1. The molecule has 2 aromatic carbocycles. The van der Waals surface area contributed by atoms with E-state index in [1.807, 2.05) is 23.1 Å². The lowest BCUT2D eigenvalue weighted by atomic mass is 10.0. The molecule has 0 bridgehead atoms. The number of aliphatic carboxylic acids is 1. The first-order chi connectivity index (χ1) is 16.5. The minimum Gasteiger partial charge on any atom is -0.481 e. The van der Waals surface area contributed by atoms with Crippen molar-refractivity contribution in [2.75, 3.05) is 6.54 Å². The molecule has 0 atom stereocenters. The number of carboxylic acid groups (broad SMARTS) is 1. The minimum atomic E-state index is -0.897. The maximum Gasteiger partial charge on any atom is 0.307 e. The van der Waals surface area contributed by atoms with Gasteiger partial charge in [0.2, 0.25) is 5.91 Å². The largest absolute Gasteiger partial charge is 0.481 e. The van der Waals surface area contributed by atoms with Crippen LogP contribution < -0.4 is 0 Å². The summed E-state index contributed by atoms with van der Waals surface area (Å²) in [6.45, 7) is 1.53. The third kappa shape index (κ3) is 4.41. The fourth-order valence-corrected chi connectivity index (χ4v) is 4.77. The zero-order valence-electron chi connectivity index (χ0n) is 18.6. The maximum absolute atomic E-state index is 13.8. The molecule has 34 heavy (non-hydrogen) atoms. The first-order valence-corrected chi connectivity index (χ1v) is 11.2. The van der Waals surface area contributed by atoms with Gasteiger partial charge in [0.25, 0.3) is 0 Å². The van der Waals surface area contributed by atoms with Crippen LogP contribution in [0.5, 0.6) is 0 Å². The summed E-state index contributed by atoms with van der Waals surface area (Å²) in [4.78, 5) is 30.6. The second kappa shape index (κ2) is 9.09. The zero-order valence-corrected chi connectivity index (χ0v) is 18.6. The third-order valence-corrected chi connectivity index (χ3v) is 6.30. The molecule has 0 aliphatic carbocycles. The first kappa shape index (κ1) is 21.8. The van der Waals surface area contributed by atoms with E-state index in [4.69, 9.17) is 5.11 Å². The summed E-state index contributed by atoms with van der Waals surface area (Å²) < 4.78 is 15.9. The van der Waals surface area contributed by atoms with Gasteiger partial charge in [-0.05, 0) is 52.9 Å². The average Bonchev–Trinajstić information content (AvgIpc) is 3.12. The van der Waals surface area contributed by atoms with Crippen LogP contribution in [0, 0.1) is 5.82 Å². The van der Waals surface area contributed by atoms with Gasteiger partial charge in [-0.3, -0.25) is 9.59 Å². The Balaban J connectivity index is 1.42. The van der Waals surface area contributed by atoms with E-state index in [1.165, 1.54) is 17.7 Å². The molecule has 1 aliphatic rings. The van der Waals surface area contributed by atoms with Crippen LogP contribution in [0.3, 0.4) is 0 Å². The number of carbonyl (C=O) groups excluding carboxylic acids is 1. The number of rotatable bonds is 6. The standard InChI is InChI=1S/C27H24FN3O3/c28-21-7-2-6-20(13-21)16-31-24-17-30(11-9-22(24)23-8-3-10-29-27(23)31)25(32)14-18-4-1-5-19(12-18)15-26(33)34/h1-8,10,12-13H,9,11,14-17H2,(H,33,34). The zero-order chi connectivity index (χ0) is 23.7. The highest BCUT2D eigenvalue weighted by molar-refractivity contribution is 5.84. The van der Waals surface area contributed by atoms with E-state index in [-0.39, 0.29) is 24.6 Å². The lowest BCUT2D eigenvalue weighted by Crippen LogP contribution is -2.37. The van der Waals surface area contributed by atoms with Gasteiger partial charge in [0.15, 0.2) is 0 Å². The van der Waals surface area contributed by atoms with Gasteiger partial charge in [0.05, 0.1) is 19.4 Å². The molecule has 0 saturated carbocycles. The van der Waals surface area contributed by atoms with Crippen LogP contribution in [0.2, 0.25) is 0 Å². The fourth-order valence-electron chi connectivity index (χ4n) is 4.77. The highest BCUT2D eigenvalue weighted by Crippen LogP contribution is 2.31. The summed E-state index contributed by atoms with van der Waals surface area (Å²) in [6.07, 6.45) is 2.62. The number of benzene rings is 2. The summed E-state index contributed by atoms with van der Waals surface area (Å²) in [5.41, 5.74) is 5.37. The minimum absolute atomic E-state index is 0.00588. The van der Waals surface area contributed by atoms with Crippen LogP contribution in [0.1, 0.15) is 27.9 Å². The van der Waals surface area contributed by atoms with Crippen molar-refractivity contribution in [2.45, 2.75) is 32.4 Å². The molecule has 6 nitrogen and oxygen atoms in total. The van der Waals surface area contributed by atoms with Crippen molar-refractivity contribution in [2.24, 2.45) is 0 Å². The van der Waals surface area contributed by atoms with Crippen molar-refractivity contribution < 1.29 is 19.1 Å². The predicted molar refractivity (Wildman–Crippen MR) is 126 cm³/mol. The molecule has 0 saturated heterocycles. The lowest BCUT2D eigenvalue weighted by molar-refractivity contribution is -0.136. The van der Waals surface area contributed by atoms with Crippen LogP contribution >= 0.6 is 0 Å². The molecular formula is C27H24FN3O3. The molecule has 2 aromatic heterocycles. The van der Waals surface area contributed by atoms with Gasteiger partial charge in [0, 0.05) is 30.4 Å². The van der Waals surface area contributed by atoms with E-state index in [2.05, 4.69) is 15.6 Å². The van der Waals surface area contributed by atoms with Crippen molar-refractivity contribution in [3.05, 3.63) is 101 Å². The Hall–Kier alpha value is -4.00. The highest BCUT2D eigenvalue weighted by atomic mass is 19.1. The highest BCUT2D eigenvalue weighted by Gasteiger charge is 2.27. The molecule has 0 unspecified atom stereocenters. The van der Waals surface area contributed by atoms with Gasteiger partial charge in [-0.1, -0.05) is 36.4 Å². The van der Waals surface area contributed by atoms with Gasteiger partial charge in [-0.15, -0.1) is 0 Å². The number of fused-ring (bicyclic) bond motifs is 3. The van der Waals surface area contributed by atoms with Gasteiger partial charge < -0.3 is 14.6 Å². The Morgan fingerprint density at radius 3 is 2.53 bits per heavy atom. The van der Waals surface area contributed by atoms with Crippen molar-refractivity contribution in [1.29, 1.82) is 0 Å². The van der Waals surface area contributed by atoms with Gasteiger partial charge in [-0.2, -0.15) is 0 Å². The Morgan fingerprint density at radius 1 is 0.971 bits per heavy atom. The van der Waals surface area contributed by atoms with Crippen LogP contribution in [0.4, 0.5) is 4.39 Å². The summed E-state index contributed by atoms with van der Waals surface area (Å²) in [5.74, 6) is -1.18. The number of amides is 1. The topological polar surface area (TPSA) is 75.4 Å². The van der Waals surface area contributed by atoms with E-state index in [9.17, 15) is 14.0 Å². The second-order valence-electron chi connectivity index (χ2n) is 8.65. The fraction of sp³-hybridized carbons (Fsp3) is 0.222. The van der Waals surface area contributed by atoms with Crippen molar-refractivity contribution in [1.82, 2.24) is 14.5 Å². The van der Waals surface area contributed by atoms with Crippen LogP contribution in [0.15, 0.2) is 66.9 Å². The quantitative estimate of drug-likeness (QED) is 0.475. The van der Waals surface area contributed by atoms with Crippen molar-refractivity contribution in [3.8, 4) is 0 Å². The van der Waals surface area contributed by atoms with E-state index in [0.29, 0.717) is 25.2 Å². The SMILES string of the molecule is O=C(O)Cc1cccc(CC(=O)N2CCc3c(n(Cc4cccc(F)c4)c4ncccc34)C2)c1. The van der Waals surface area contributed by atoms with E-state index < -0.39 is 5.97 Å². The van der Waals surface area contributed by atoms with Crippen LogP contribution in [-0.2, 0) is 41.9 Å². The molecule has 0 fully saturated rings. The van der Waals surface area contributed by atoms with Gasteiger partial charge in [-0.25, -0.2) is 9.37 Å². The van der Waals surface area contributed by atoms with Crippen molar-refractivity contribution in [3.63, 3.8) is 0 Å². The number of hydrogen-bond acceptors (Lipinski definition) is 3. The summed E-state index contributed by atoms with van der Waals surface area (Å²) in [5, 5.41) is 10.1. The third-order valence-electron chi connectivity index (χ3n) is 6.30. The predicted octanol–water partition coefficient (Wildman–Crippen LogP) is 3.98. The monoisotopic (exact) mass is 457 g/mol. The molecule has 0 radical (unpaired) electrons. The number of aromatic nitrogens is 2. The van der Waals surface area contributed by atoms with E-state index >= 15 is 0 Å². The molecule has 4 aromatic rings.